The number of pyridine rings is 1. The van der Waals surface area contributed by atoms with Crippen molar-refractivity contribution in [1.82, 2.24) is 9.88 Å². The van der Waals surface area contributed by atoms with Gasteiger partial charge in [-0.3, -0.25) is 0 Å². The van der Waals surface area contributed by atoms with E-state index in [0.29, 0.717) is 5.56 Å². The van der Waals surface area contributed by atoms with Gasteiger partial charge in [-0.15, -0.1) is 0 Å². The molecule has 0 unspecified atom stereocenters. The Kier molecular flexibility index (Phi) is 4.35. The van der Waals surface area contributed by atoms with Gasteiger partial charge in [0, 0.05) is 19.6 Å². The summed E-state index contributed by atoms with van der Waals surface area (Å²) in [6.07, 6.45) is 0.191. The molecule has 1 saturated heterocycles. The molecule has 1 atom stereocenters. The van der Waals surface area contributed by atoms with E-state index in [9.17, 15) is 0 Å². The number of nitrogens with zero attached hydrogens (tertiary/aromatic N) is 3. The number of morpholine rings is 1. The smallest absolute Gasteiger partial charge is 0.126 e. The first-order valence-electron chi connectivity index (χ1n) is 6.52. The summed E-state index contributed by atoms with van der Waals surface area (Å²) < 4.78 is 5.69. The molecule has 1 fully saturated rings. The number of aryl methyl sites for hydroxylation is 2. The molecule has 5 heteroatoms. The summed E-state index contributed by atoms with van der Waals surface area (Å²) in [5, 5.41) is 12.3. The zero-order valence-electron chi connectivity index (χ0n) is 11.7. The number of hydrogen-bond acceptors (Lipinski definition) is 5. The minimum atomic E-state index is 0.191. The molecule has 1 aromatic rings. The summed E-state index contributed by atoms with van der Waals surface area (Å²) in [7, 11) is 2.10. The van der Waals surface area contributed by atoms with Crippen molar-refractivity contribution in [3.05, 3.63) is 22.9 Å². The topological polar surface area (TPSA) is 61.2 Å². The Morgan fingerprint density at radius 1 is 1.58 bits per heavy atom. The lowest BCUT2D eigenvalue weighted by molar-refractivity contribution is -0.0117. The van der Waals surface area contributed by atoms with Gasteiger partial charge in [0.05, 0.1) is 24.0 Å². The van der Waals surface area contributed by atoms with E-state index in [1.165, 1.54) is 0 Å². The highest BCUT2D eigenvalue weighted by Gasteiger charge is 2.17. The fourth-order valence-electron chi connectivity index (χ4n) is 2.30. The van der Waals surface area contributed by atoms with Crippen molar-refractivity contribution in [2.45, 2.75) is 20.0 Å². The molecule has 5 nitrogen and oxygen atoms in total. The number of nitrogens with one attached hydrogen (secondary N) is 1. The minimum absolute atomic E-state index is 0.191. The van der Waals surface area contributed by atoms with Crippen LogP contribution < -0.4 is 5.32 Å². The van der Waals surface area contributed by atoms with Crippen molar-refractivity contribution < 1.29 is 4.74 Å². The number of likely N-dealkylation sites (N-methyl/N-ethyl adjacent to an activating group) is 1. The number of rotatable bonds is 3. The second-order valence-corrected chi connectivity index (χ2v) is 5.03. The van der Waals surface area contributed by atoms with E-state index < -0.39 is 0 Å². The highest BCUT2D eigenvalue weighted by molar-refractivity contribution is 5.48. The summed E-state index contributed by atoms with van der Waals surface area (Å²) in [5.74, 6) is 0.811. The van der Waals surface area contributed by atoms with Crippen LogP contribution in [0.4, 0.5) is 5.82 Å². The Labute approximate surface area is 114 Å². The molecule has 0 radical (unpaired) electrons. The van der Waals surface area contributed by atoms with Crippen molar-refractivity contribution >= 4 is 5.82 Å². The molecule has 1 aliphatic heterocycles. The monoisotopic (exact) mass is 260 g/mol. The van der Waals surface area contributed by atoms with Gasteiger partial charge < -0.3 is 15.0 Å². The molecule has 2 heterocycles. The predicted molar refractivity (Wildman–Crippen MR) is 74.2 cm³/mol. The number of hydrogen-bond donors (Lipinski definition) is 1. The first-order valence-corrected chi connectivity index (χ1v) is 6.52. The number of ether oxygens (including phenoxy) is 1. The van der Waals surface area contributed by atoms with E-state index in [4.69, 9.17) is 10.00 Å². The summed E-state index contributed by atoms with van der Waals surface area (Å²) in [5.41, 5.74) is 2.39. The standard InChI is InChI=1S/C14H20N4O/c1-10-6-14(17-11(2)13(10)7-15)16-8-12-9-18(3)4-5-19-12/h6,12H,4-5,8-9H2,1-3H3,(H,16,17)/t12-/m0/s1. The molecule has 0 spiro atoms. The number of aromatic nitrogens is 1. The quantitative estimate of drug-likeness (QED) is 0.888. The summed E-state index contributed by atoms with van der Waals surface area (Å²) in [4.78, 5) is 6.67. The Balaban J connectivity index is 1.98. The predicted octanol–water partition coefficient (Wildman–Crippen LogP) is 1.31. The molecular weight excluding hydrogens is 240 g/mol. The Bertz CT molecular complexity index is 472. The summed E-state index contributed by atoms with van der Waals surface area (Å²) >= 11 is 0. The maximum Gasteiger partial charge on any atom is 0.126 e. The third-order valence-electron chi connectivity index (χ3n) is 3.36. The van der Waals surface area contributed by atoms with Crippen LogP contribution in [0.3, 0.4) is 0 Å². The van der Waals surface area contributed by atoms with Gasteiger partial charge in [0.15, 0.2) is 0 Å². The highest BCUT2D eigenvalue weighted by atomic mass is 16.5. The van der Waals surface area contributed by atoms with Crippen LogP contribution in [0.25, 0.3) is 0 Å². The molecule has 1 aliphatic rings. The molecule has 0 aromatic carbocycles. The largest absolute Gasteiger partial charge is 0.374 e. The van der Waals surface area contributed by atoms with E-state index in [2.05, 4.69) is 28.3 Å². The Morgan fingerprint density at radius 3 is 3.00 bits per heavy atom. The van der Waals surface area contributed by atoms with Gasteiger partial charge in [0.25, 0.3) is 0 Å². The van der Waals surface area contributed by atoms with Crippen LogP contribution in [0.15, 0.2) is 6.07 Å². The molecule has 0 bridgehead atoms. The zero-order chi connectivity index (χ0) is 13.8. The molecular formula is C14H20N4O. The molecule has 19 heavy (non-hydrogen) atoms. The Hall–Kier alpha value is -1.64. The molecule has 1 aromatic heterocycles. The van der Waals surface area contributed by atoms with Crippen molar-refractivity contribution in [3.63, 3.8) is 0 Å². The van der Waals surface area contributed by atoms with Gasteiger partial charge in [-0.2, -0.15) is 5.26 Å². The van der Waals surface area contributed by atoms with E-state index >= 15 is 0 Å². The van der Waals surface area contributed by atoms with E-state index in [1.807, 2.05) is 19.9 Å². The van der Waals surface area contributed by atoms with Crippen molar-refractivity contribution in [3.8, 4) is 6.07 Å². The second kappa shape index (κ2) is 6.00. The van der Waals surface area contributed by atoms with Crippen LogP contribution in [-0.4, -0.2) is 49.3 Å². The van der Waals surface area contributed by atoms with Crippen LogP contribution in [0.2, 0.25) is 0 Å². The second-order valence-electron chi connectivity index (χ2n) is 5.03. The van der Waals surface area contributed by atoms with E-state index in [0.717, 1.165) is 43.3 Å². The third kappa shape index (κ3) is 3.43. The van der Waals surface area contributed by atoms with Crippen molar-refractivity contribution in [1.29, 1.82) is 5.26 Å². The minimum Gasteiger partial charge on any atom is -0.374 e. The first-order chi connectivity index (χ1) is 9.10. The zero-order valence-corrected chi connectivity index (χ0v) is 11.7. The van der Waals surface area contributed by atoms with Crippen molar-refractivity contribution in [2.24, 2.45) is 0 Å². The molecule has 0 saturated carbocycles. The molecule has 0 amide bonds. The lowest BCUT2D eigenvalue weighted by Crippen LogP contribution is -2.43. The van der Waals surface area contributed by atoms with Gasteiger partial charge in [-0.25, -0.2) is 4.98 Å². The number of nitriles is 1. The van der Waals surface area contributed by atoms with Gasteiger partial charge in [-0.05, 0) is 32.5 Å². The van der Waals surface area contributed by atoms with Crippen LogP contribution in [0.1, 0.15) is 16.8 Å². The van der Waals surface area contributed by atoms with Crippen LogP contribution in [0.5, 0.6) is 0 Å². The average Bonchev–Trinajstić information content (AvgIpc) is 2.36. The lowest BCUT2D eigenvalue weighted by Gasteiger charge is -2.30. The molecule has 0 aliphatic carbocycles. The Morgan fingerprint density at radius 2 is 2.37 bits per heavy atom. The molecule has 1 N–H and O–H groups in total. The maximum atomic E-state index is 9.02. The summed E-state index contributed by atoms with van der Waals surface area (Å²) in [6.45, 7) is 7.24. The first kappa shape index (κ1) is 13.8. The van der Waals surface area contributed by atoms with Gasteiger partial charge in [0.2, 0.25) is 0 Å². The third-order valence-corrected chi connectivity index (χ3v) is 3.36. The fourth-order valence-corrected chi connectivity index (χ4v) is 2.30. The highest BCUT2D eigenvalue weighted by Crippen LogP contribution is 2.15. The van der Waals surface area contributed by atoms with Gasteiger partial charge >= 0.3 is 0 Å². The van der Waals surface area contributed by atoms with Crippen LogP contribution in [-0.2, 0) is 4.74 Å². The van der Waals surface area contributed by atoms with Crippen LogP contribution >= 0.6 is 0 Å². The fraction of sp³-hybridized carbons (Fsp3) is 0.571. The van der Waals surface area contributed by atoms with Gasteiger partial charge in [0.1, 0.15) is 11.9 Å². The molecule has 102 valence electrons. The van der Waals surface area contributed by atoms with E-state index in [-0.39, 0.29) is 6.10 Å². The average molecular weight is 260 g/mol. The normalized spacial score (nSPS) is 20.0. The SMILES string of the molecule is Cc1cc(NC[C@H]2CN(C)CCO2)nc(C)c1C#N. The summed E-state index contributed by atoms with van der Waals surface area (Å²) in [6, 6.07) is 4.10. The van der Waals surface area contributed by atoms with Crippen molar-refractivity contribution in [2.75, 3.05) is 38.6 Å². The van der Waals surface area contributed by atoms with Crippen LogP contribution in [0, 0.1) is 25.2 Å². The maximum absolute atomic E-state index is 9.02. The van der Waals surface area contributed by atoms with Gasteiger partial charge in [-0.1, -0.05) is 0 Å². The lowest BCUT2D eigenvalue weighted by atomic mass is 10.1. The molecule has 2 rings (SSSR count). The van der Waals surface area contributed by atoms with E-state index in [1.54, 1.807) is 0 Å². The number of anilines is 1.